The first-order chi connectivity index (χ1) is 12.4. The molecule has 6 nitrogen and oxygen atoms in total. The molecule has 2 aromatic rings. The Morgan fingerprint density at radius 2 is 2.04 bits per heavy atom. The van der Waals surface area contributed by atoms with Crippen LogP contribution in [-0.2, 0) is 4.79 Å². The fourth-order valence-corrected chi connectivity index (χ4v) is 3.07. The summed E-state index contributed by atoms with van der Waals surface area (Å²) in [5.74, 6) is -0.302. The van der Waals surface area contributed by atoms with Gasteiger partial charge in [0.2, 0.25) is 0 Å². The predicted molar refractivity (Wildman–Crippen MR) is 101 cm³/mol. The van der Waals surface area contributed by atoms with Crippen LogP contribution < -0.4 is 10.1 Å². The summed E-state index contributed by atoms with van der Waals surface area (Å²) in [7, 11) is 0. The fourth-order valence-electron chi connectivity index (χ4n) is 1.97. The second kappa shape index (κ2) is 9.54. The van der Waals surface area contributed by atoms with E-state index < -0.39 is 16.8 Å². The molecule has 26 heavy (non-hydrogen) atoms. The van der Waals surface area contributed by atoms with Gasteiger partial charge in [0, 0.05) is 33.8 Å². The summed E-state index contributed by atoms with van der Waals surface area (Å²) < 4.78 is 19.6. The molecule has 0 aliphatic heterocycles. The number of benzene rings is 2. The van der Waals surface area contributed by atoms with E-state index in [9.17, 15) is 19.3 Å². The van der Waals surface area contributed by atoms with Crippen LogP contribution in [0.15, 0.2) is 51.8 Å². The van der Waals surface area contributed by atoms with Crippen molar-refractivity contribution in [2.24, 2.45) is 0 Å². The first kappa shape index (κ1) is 20.2. The topological polar surface area (TPSA) is 81.5 Å². The van der Waals surface area contributed by atoms with Crippen LogP contribution in [-0.4, -0.2) is 29.2 Å². The Morgan fingerprint density at radius 1 is 1.35 bits per heavy atom. The number of hydrogen-bond donors (Lipinski definition) is 1. The van der Waals surface area contributed by atoms with Gasteiger partial charge in [0.1, 0.15) is 0 Å². The highest BCUT2D eigenvalue weighted by atomic mass is 79.9. The molecule has 0 saturated heterocycles. The smallest absolute Gasteiger partial charge is 0.269 e. The van der Waals surface area contributed by atoms with Crippen molar-refractivity contribution >= 4 is 39.3 Å². The third-order valence-corrected chi connectivity index (χ3v) is 4.79. The van der Waals surface area contributed by atoms with Crippen LogP contribution in [0.2, 0.25) is 0 Å². The minimum absolute atomic E-state index is 0.0103. The van der Waals surface area contributed by atoms with Crippen LogP contribution in [0.3, 0.4) is 0 Å². The molecule has 138 valence electrons. The van der Waals surface area contributed by atoms with Gasteiger partial charge in [-0.15, -0.1) is 11.8 Å². The summed E-state index contributed by atoms with van der Waals surface area (Å²) >= 11 is 4.61. The zero-order chi connectivity index (χ0) is 19.1. The van der Waals surface area contributed by atoms with Crippen molar-refractivity contribution in [1.29, 1.82) is 0 Å². The van der Waals surface area contributed by atoms with Crippen LogP contribution in [0, 0.1) is 15.9 Å². The molecule has 2 aromatic carbocycles. The molecule has 0 radical (unpaired) electrons. The first-order valence-corrected chi connectivity index (χ1v) is 9.41. The molecule has 0 heterocycles. The molecule has 0 aliphatic carbocycles. The molecule has 1 amide bonds. The second-order valence-corrected chi connectivity index (χ2v) is 7.31. The van der Waals surface area contributed by atoms with Crippen LogP contribution in [0.1, 0.15) is 6.92 Å². The molecule has 0 fully saturated rings. The van der Waals surface area contributed by atoms with Gasteiger partial charge >= 0.3 is 0 Å². The number of ether oxygens (including phenoxy) is 1. The monoisotopic (exact) mass is 442 g/mol. The molecular weight excluding hydrogens is 427 g/mol. The van der Waals surface area contributed by atoms with Gasteiger partial charge in [0.15, 0.2) is 17.7 Å². The maximum atomic E-state index is 13.7. The molecule has 1 atom stereocenters. The molecule has 0 aliphatic rings. The molecule has 9 heteroatoms. The Labute approximate surface area is 162 Å². The number of carbonyl (C=O) groups excluding carboxylic acids is 1. The lowest BCUT2D eigenvalue weighted by atomic mass is 10.3. The van der Waals surface area contributed by atoms with E-state index in [-0.39, 0.29) is 17.3 Å². The summed E-state index contributed by atoms with van der Waals surface area (Å²) in [6, 6.07) is 10.5. The number of carbonyl (C=O) groups is 1. The van der Waals surface area contributed by atoms with Crippen LogP contribution in [0.25, 0.3) is 0 Å². The molecular formula is C17H16BrFN2O4S. The molecule has 0 spiro atoms. The standard InChI is InChI=1S/C17H16BrFN2O4S/c1-11(25-16-7-2-12(18)10-15(16)19)17(22)20-8-9-26-14-5-3-13(4-6-14)21(23)24/h2-7,10-11H,8-9H2,1H3,(H,20,22). The molecule has 0 saturated carbocycles. The van der Waals surface area contributed by atoms with Gasteiger partial charge in [-0.3, -0.25) is 14.9 Å². The van der Waals surface area contributed by atoms with Gasteiger partial charge in [-0.1, -0.05) is 15.9 Å². The van der Waals surface area contributed by atoms with Crippen molar-refractivity contribution < 1.29 is 18.8 Å². The van der Waals surface area contributed by atoms with E-state index in [1.807, 2.05) is 0 Å². The largest absolute Gasteiger partial charge is 0.478 e. The summed E-state index contributed by atoms with van der Waals surface area (Å²) in [5, 5.41) is 13.3. The maximum absolute atomic E-state index is 13.7. The number of halogens is 2. The highest BCUT2D eigenvalue weighted by molar-refractivity contribution is 9.10. The van der Waals surface area contributed by atoms with Crippen molar-refractivity contribution in [2.75, 3.05) is 12.3 Å². The van der Waals surface area contributed by atoms with Gasteiger partial charge in [-0.2, -0.15) is 0 Å². The van der Waals surface area contributed by atoms with Crippen molar-refractivity contribution in [3.8, 4) is 5.75 Å². The van der Waals surface area contributed by atoms with Gasteiger partial charge in [0.25, 0.3) is 11.6 Å². The third-order valence-electron chi connectivity index (χ3n) is 3.28. The number of nitro groups is 1. The van der Waals surface area contributed by atoms with Crippen LogP contribution >= 0.6 is 27.7 Å². The highest BCUT2D eigenvalue weighted by Gasteiger charge is 2.16. The Balaban J connectivity index is 1.74. The average Bonchev–Trinajstić information content (AvgIpc) is 2.61. The van der Waals surface area contributed by atoms with Gasteiger partial charge in [-0.05, 0) is 37.3 Å². The lowest BCUT2D eigenvalue weighted by Gasteiger charge is -2.15. The van der Waals surface area contributed by atoms with Gasteiger partial charge in [-0.25, -0.2) is 4.39 Å². The summed E-state index contributed by atoms with van der Waals surface area (Å²) in [6.45, 7) is 1.93. The number of rotatable bonds is 8. The van der Waals surface area contributed by atoms with E-state index in [0.29, 0.717) is 16.8 Å². The highest BCUT2D eigenvalue weighted by Crippen LogP contribution is 2.23. The van der Waals surface area contributed by atoms with Crippen molar-refractivity contribution in [2.45, 2.75) is 17.9 Å². The maximum Gasteiger partial charge on any atom is 0.269 e. The SMILES string of the molecule is CC(Oc1ccc(Br)cc1F)C(=O)NCCSc1ccc([N+](=O)[O-])cc1. The Bertz CT molecular complexity index is 789. The van der Waals surface area contributed by atoms with Gasteiger partial charge in [0.05, 0.1) is 4.92 Å². The predicted octanol–water partition coefficient (Wildman–Crippen LogP) is 4.17. The number of nitro benzene ring substituents is 1. The average molecular weight is 443 g/mol. The van der Waals surface area contributed by atoms with Crippen molar-refractivity contribution in [1.82, 2.24) is 5.32 Å². The summed E-state index contributed by atoms with van der Waals surface area (Å²) in [6.07, 6.45) is -0.838. The molecule has 2 rings (SSSR count). The number of nitrogens with zero attached hydrogens (tertiary/aromatic N) is 1. The lowest BCUT2D eigenvalue weighted by molar-refractivity contribution is -0.384. The first-order valence-electron chi connectivity index (χ1n) is 7.63. The quantitative estimate of drug-likeness (QED) is 0.287. The minimum atomic E-state index is -0.838. The second-order valence-electron chi connectivity index (χ2n) is 5.23. The molecule has 1 unspecified atom stereocenters. The molecule has 0 bridgehead atoms. The number of nitrogens with one attached hydrogen (secondary N) is 1. The third kappa shape index (κ3) is 5.99. The lowest BCUT2D eigenvalue weighted by Crippen LogP contribution is -2.37. The van der Waals surface area contributed by atoms with E-state index in [4.69, 9.17) is 4.74 Å². The van der Waals surface area contributed by atoms with Crippen LogP contribution in [0.4, 0.5) is 10.1 Å². The van der Waals surface area contributed by atoms with Crippen LogP contribution in [0.5, 0.6) is 5.75 Å². The molecule has 1 N–H and O–H groups in total. The van der Waals surface area contributed by atoms with E-state index >= 15 is 0 Å². The van der Waals surface area contributed by atoms with Crippen molar-refractivity contribution in [3.63, 3.8) is 0 Å². The molecule has 0 aromatic heterocycles. The fraction of sp³-hybridized carbons (Fsp3) is 0.235. The van der Waals surface area contributed by atoms with Gasteiger partial charge < -0.3 is 10.1 Å². The number of amides is 1. The van der Waals surface area contributed by atoms with Crippen molar-refractivity contribution in [3.05, 3.63) is 62.9 Å². The number of thioether (sulfide) groups is 1. The van der Waals surface area contributed by atoms with E-state index in [2.05, 4.69) is 21.2 Å². The Morgan fingerprint density at radius 3 is 2.65 bits per heavy atom. The minimum Gasteiger partial charge on any atom is -0.478 e. The Hall–Kier alpha value is -2.13. The zero-order valence-corrected chi connectivity index (χ0v) is 16.2. The summed E-state index contributed by atoms with van der Waals surface area (Å²) in [5.41, 5.74) is 0.0359. The van der Waals surface area contributed by atoms with E-state index in [1.165, 1.54) is 36.0 Å². The number of non-ortho nitro benzene ring substituents is 1. The zero-order valence-electron chi connectivity index (χ0n) is 13.8. The van der Waals surface area contributed by atoms with E-state index in [0.717, 1.165) is 4.90 Å². The normalized spacial score (nSPS) is 11.7. The number of hydrogen-bond acceptors (Lipinski definition) is 5. The summed E-state index contributed by atoms with van der Waals surface area (Å²) in [4.78, 5) is 23.0. The van der Waals surface area contributed by atoms with E-state index in [1.54, 1.807) is 25.1 Å². The Kier molecular flexibility index (Phi) is 7.40.